The van der Waals surface area contributed by atoms with Crippen molar-refractivity contribution < 1.29 is 14.2 Å². The lowest BCUT2D eigenvalue weighted by atomic mass is 10.0. The summed E-state index contributed by atoms with van der Waals surface area (Å²) in [5.41, 5.74) is 2.22. The standard InChI is InChI=1S/C14H22O3/c1-5-6-7-11-8-14(17-4)12(10-15-2)9-13(11)16-3/h8-9H,5-7,10H2,1-4H3. The molecular formula is C14H22O3. The van der Waals surface area contributed by atoms with Crippen molar-refractivity contribution in [1.82, 2.24) is 0 Å². The topological polar surface area (TPSA) is 27.7 Å². The second kappa shape index (κ2) is 7.17. The molecule has 0 aromatic heterocycles. The first-order chi connectivity index (χ1) is 8.26. The first kappa shape index (κ1) is 13.8. The maximum Gasteiger partial charge on any atom is 0.124 e. The van der Waals surface area contributed by atoms with Crippen LogP contribution in [0.2, 0.25) is 0 Å². The molecule has 1 aromatic rings. The summed E-state index contributed by atoms with van der Waals surface area (Å²) in [5.74, 6) is 1.80. The molecule has 96 valence electrons. The summed E-state index contributed by atoms with van der Waals surface area (Å²) in [6.45, 7) is 2.72. The summed E-state index contributed by atoms with van der Waals surface area (Å²) in [6.07, 6.45) is 3.34. The van der Waals surface area contributed by atoms with E-state index in [0.717, 1.165) is 29.9 Å². The van der Waals surface area contributed by atoms with Crippen molar-refractivity contribution in [3.05, 3.63) is 23.3 Å². The first-order valence-electron chi connectivity index (χ1n) is 5.99. The van der Waals surface area contributed by atoms with Gasteiger partial charge in [-0.05, 0) is 30.5 Å². The van der Waals surface area contributed by atoms with Crippen LogP contribution in [-0.4, -0.2) is 21.3 Å². The Morgan fingerprint density at radius 1 is 0.941 bits per heavy atom. The minimum absolute atomic E-state index is 0.535. The quantitative estimate of drug-likeness (QED) is 0.730. The molecular weight excluding hydrogens is 216 g/mol. The zero-order valence-corrected chi connectivity index (χ0v) is 11.2. The second-order valence-electron chi connectivity index (χ2n) is 4.01. The predicted octanol–water partition coefficient (Wildman–Crippen LogP) is 3.19. The fraction of sp³-hybridized carbons (Fsp3) is 0.571. The molecule has 0 unspecified atom stereocenters. The van der Waals surface area contributed by atoms with Crippen LogP contribution in [-0.2, 0) is 17.8 Å². The van der Waals surface area contributed by atoms with Gasteiger partial charge in [-0.25, -0.2) is 0 Å². The molecule has 3 heteroatoms. The number of benzene rings is 1. The Hall–Kier alpha value is -1.22. The molecule has 1 aromatic carbocycles. The van der Waals surface area contributed by atoms with Crippen LogP contribution in [0.15, 0.2) is 12.1 Å². The highest BCUT2D eigenvalue weighted by molar-refractivity contribution is 5.46. The van der Waals surface area contributed by atoms with E-state index in [1.54, 1.807) is 21.3 Å². The van der Waals surface area contributed by atoms with Crippen LogP contribution < -0.4 is 9.47 Å². The van der Waals surface area contributed by atoms with Crippen molar-refractivity contribution in [2.24, 2.45) is 0 Å². The van der Waals surface area contributed by atoms with E-state index in [1.807, 2.05) is 6.07 Å². The van der Waals surface area contributed by atoms with Crippen LogP contribution in [0.4, 0.5) is 0 Å². The number of hydrogen-bond acceptors (Lipinski definition) is 3. The SMILES string of the molecule is CCCCc1cc(OC)c(COC)cc1OC. The molecule has 3 nitrogen and oxygen atoms in total. The number of methoxy groups -OCH3 is 3. The number of ether oxygens (including phenoxy) is 3. The van der Waals surface area contributed by atoms with Gasteiger partial charge in [-0.2, -0.15) is 0 Å². The van der Waals surface area contributed by atoms with Crippen molar-refractivity contribution in [1.29, 1.82) is 0 Å². The average Bonchev–Trinajstić information content (AvgIpc) is 2.36. The number of rotatable bonds is 7. The summed E-state index contributed by atoms with van der Waals surface area (Å²) in [6, 6.07) is 4.07. The van der Waals surface area contributed by atoms with Gasteiger partial charge in [-0.1, -0.05) is 13.3 Å². The van der Waals surface area contributed by atoms with E-state index in [2.05, 4.69) is 13.0 Å². The number of aryl methyl sites for hydroxylation is 1. The van der Waals surface area contributed by atoms with Gasteiger partial charge >= 0.3 is 0 Å². The third kappa shape index (κ3) is 3.63. The van der Waals surface area contributed by atoms with Gasteiger partial charge in [0.05, 0.1) is 20.8 Å². The molecule has 0 saturated carbocycles. The minimum atomic E-state index is 0.535. The molecule has 0 spiro atoms. The summed E-state index contributed by atoms with van der Waals surface area (Å²) < 4.78 is 16.0. The average molecular weight is 238 g/mol. The molecule has 0 radical (unpaired) electrons. The molecule has 0 heterocycles. The second-order valence-corrected chi connectivity index (χ2v) is 4.01. The van der Waals surface area contributed by atoms with Gasteiger partial charge in [0.1, 0.15) is 11.5 Å². The Morgan fingerprint density at radius 3 is 2.06 bits per heavy atom. The summed E-state index contributed by atoms with van der Waals surface area (Å²) in [7, 11) is 5.06. The summed E-state index contributed by atoms with van der Waals surface area (Å²) in [4.78, 5) is 0. The highest BCUT2D eigenvalue weighted by Gasteiger charge is 2.10. The van der Waals surface area contributed by atoms with Gasteiger partial charge in [-0.15, -0.1) is 0 Å². The molecule has 0 atom stereocenters. The van der Waals surface area contributed by atoms with E-state index in [9.17, 15) is 0 Å². The third-order valence-electron chi connectivity index (χ3n) is 2.78. The molecule has 1 rings (SSSR count). The smallest absolute Gasteiger partial charge is 0.124 e. The van der Waals surface area contributed by atoms with E-state index in [4.69, 9.17) is 14.2 Å². The van der Waals surface area contributed by atoms with Gasteiger partial charge in [0, 0.05) is 12.7 Å². The van der Waals surface area contributed by atoms with Crippen LogP contribution in [0.1, 0.15) is 30.9 Å². The molecule has 0 fully saturated rings. The van der Waals surface area contributed by atoms with E-state index in [1.165, 1.54) is 12.0 Å². The fourth-order valence-corrected chi connectivity index (χ4v) is 1.86. The van der Waals surface area contributed by atoms with E-state index in [0.29, 0.717) is 6.61 Å². The zero-order valence-electron chi connectivity index (χ0n) is 11.2. The molecule has 0 aliphatic carbocycles. The molecule has 0 saturated heterocycles. The maximum absolute atomic E-state index is 5.42. The van der Waals surface area contributed by atoms with Crippen molar-refractivity contribution in [3.63, 3.8) is 0 Å². The number of unbranched alkanes of at least 4 members (excludes halogenated alkanes) is 1. The molecule has 0 bridgehead atoms. The molecule has 17 heavy (non-hydrogen) atoms. The molecule has 0 aliphatic rings. The van der Waals surface area contributed by atoms with Gasteiger partial charge in [0.15, 0.2) is 0 Å². The molecule has 0 amide bonds. The van der Waals surface area contributed by atoms with Crippen molar-refractivity contribution in [2.75, 3.05) is 21.3 Å². The highest BCUT2D eigenvalue weighted by atomic mass is 16.5. The molecule has 0 aliphatic heterocycles. The van der Waals surface area contributed by atoms with Gasteiger partial charge in [0.25, 0.3) is 0 Å². The summed E-state index contributed by atoms with van der Waals surface area (Å²) >= 11 is 0. The lowest BCUT2D eigenvalue weighted by Gasteiger charge is -2.14. The lowest BCUT2D eigenvalue weighted by Crippen LogP contribution is -1.99. The van der Waals surface area contributed by atoms with Crippen molar-refractivity contribution >= 4 is 0 Å². The van der Waals surface area contributed by atoms with Crippen LogP contribution in [0.3, 0.4) is 0 Å². The monoisotopic (exact) mass is 238 g/mol. The minimum Gasteiger partial charge on any atom is -0.496 e. The van der Waals surface area contributed by atoms with E-state index < -0.39 is 0 Å². The van der Waals surface area contributed by atoms with Crippen molar-refractivity contribution in [3.8, 4) is 11.5 Å². The Morgan fingerprint density at radius 2 is 1.53 bits per heavy atom. The zero-order chi connectivity index (χ0) is 12.7. The van der Waals surface area contributed by atoms with Crippen molar-refractivity contribution in [2.45, 2.75) is 32.8 Å². The largest absolute Gasteiger partial charge is 0.496 e. The third-order valence-corrected chi connectivity index (χ3v) is 2.78. The normalized spacial score (nSPS) is 10.4. The first-order valence-corrected chi connectivity index (χ1v) is 5.99. The number of hydrogen-bond donors (Lipinski definition) is 0. The Labute approximate surface area is 104 Å². The van der Waals surface area contributed by atoms with Gasteiger partial charge in [0.2, 0.25) is 0 Å². The Balaban J connectivity index is 3.04. The molecule has 0 N–H and O–H groups in total. The van der Waals surface area contributed by atoms with E-state index in [-0.39, 0.29) is 0 Å². The summed E-state index contributed by atoms with van der Waals surface area (Å²) in [5, 5.41) is 0. The van der Waals surface area contributed by atoms with E-state index >= 15 is 0 Å². The van der Waals surface area contributed by atoms with Gasteiger partial charge in [-0.3, -0.25) is 0 Å². The Kier molecular flexibility index (Phi) is 5.84. The van der Waals surface area contributed by atoms with Crippen LogP contribution in [0.25, 0.3) is 0 Å². The maximum atomic E-state index is 5.42. The lowest BCUT2D eigenvalue weighted by molar-refractivity contribution is 0.181. The predicted molar refractivity (Wildman–Crippen MR) is 68.9 cm³/mol. The van der Waals surface area contributed by atoms with Crippen LogP contribution in [0, 0.1) is 0 Å². The van der Waals surface area contributed by atoms with Gasteiger partial charge < -0.3 is 14.2 Å². The Bertz CT molecular complexity index is 348. The van der Waals surface area contributed by atoms with Crippen LogP contribution >= 0.6 is 0 Å². The van der Waals surface area contributed by atoms with Crippen LogP contribution in [0.5, 0.6) is 11.5 Å². The highest BCUT2D eigenvalue weighted by Crippen LogP contribution is 2.30. The fourth-order valence-electron chi connectivity index (χ4n) is 1.86.